The number of halogens is 2. The smallest absolute Gasteiger partial charge is 0.208 e. The van der Waals surface area contributed by atoms with E-state index in [4.69, 9.17) is 9.47 Å². The van der Waals surface area contributed by atoms with Crippen molar-refractivity contribution in [3.63, 3.8) is 0 Å². The molecule has 80 valence electrons. The zero-order chi connectivity index (χ0) is 11.1. The van der Waals surface area contributed by atoms with Crippen LogP contribution in [0.15, 0.2) is 36.4 Å². The Morgan fingerprint density at radius 2 is 1.44 bits per heavy atom. The average Bonchev–Trinajstić information content (AvgIpc) is 2.32. The van der Waals surface area contributed by atoms with Crippen molar-refractivity contribution in [1.82, 2.24) is 0 Å². The Kier molecular flexibility index (Phi) is 1.83. The molecule has 0 aromatic heterocycles. The number of para-hydroxylation sites is 2. The highest BCUT2D eigenvalue weighted by Crippen LogP contribution is 2.46. The van der Waals surface area contributed by atoms with Gasteiger partial charge in [-0.15, -0.1) is 0 Å². The second-order valence-electron chi connectivity index (χ2n) is 3.34. The van der Waals surface area contributed by atoms with Gasteiger partial charge in [0.1, 0.15) is 0 Å². The summed E-state index contributed by atoms with van der Waals surface area (Å²) in [6, 6.07) is 9.16. The molecule has 0 radical (unpaired) electrons. The SMILES string of the molecule is Fc1ccc2c(c1F)Oc1ccccc1O2. The van der Waals surface area contributed by atoms with E-state index in [0.29, 0.717) is 11.5 Å². The molecule has 0 saturated heterocycles. The Bertz CT molecular complexity index is 567. The lowest BCUT2D eigenvalue weighted by Crippen LogP contribution is -2.02. The molecule has 3 rings (SSSR count). The molecule has 16 heavy (non-hydrogen) atoms. The van der Waals surface area contributed by atoms with Gasteiger partial charge in [0, 0.05) is 0 Å². The highest BCUT2D eigenvalue weighted by Gasteiger charge is 2.23. The van der Waals surface area contributed by atoms with Crippen LogP contribution in [0.2, 0.25) is 0 Å². The summed E-state index contributed by atoms with van der Waals surface area (Å²) in [5.74, 6) is -1.16. The molecule has 0 saturated carbocycles. The van der Waals surface area contributed by atoms with Gasteiger partial charge in [-0.3, -0.25) is 0 Å². The molecule has 2 aromatic rings. The second kappa shape index (κ2) is 3.20. The molecule has 0 spiro atoms. The molecule has 1 heterocycles. The number of rotatable bonds is 0. The summed E-state index contributed by atoms with van der Waals surface area (Å²) >= 11 is 0. The van der Waals surface area contributed by atoms with Crippen molar-refractivity contribution in [2.24, 2.45) is 0 Å². The summed E-state index contributed by atoms with van der Waals surface area (Å²) in [5, 5.41) is 0. The molecule has 4 heteroatoms. The molecule has 0 aliphatic carbocycles. The predicted octanol–water partition coefficient (Wildman–Crippen LogP) is 3.86. The van der Waals surface area contributed by atoms with Crippen molar-refractivity contribution < 1.29 is 18.3 Å². The molecular weight excluding hydrogens is 214 g/mol. The standard InChI is InChI=1S/C12H6F2O2/c13-7-5-6-10-12(11(7)14)16-9-4-2-1-3-8(9)15-10/h1-6H. The third-order valence-corrected chi connectivity index (χ3v) is 2.29. The van der Waals surface area contributed by atoms with Crippen molar-refractivity contribution in [2.75, 3.05) is 0 Å². The van der Waals surface area contributed by atoms with E-state index in [2.05, 4.69) is 0 Å². The van der Waals surface area contributed by atoms with Gasteiger partial charge in [0.15, 0.2) is 23.1 Å². The Morgan fingerprint density at radius 3 is 2.19 bits per heavy atom. The monoisotopic (exact) mass is 220 g/mol. The van der Waals surface area contributed by atoms with Gasteiger partial charge in [0.25, 0.3) is 0 Å². The Labute approximate surface area is 90.0 Å². The maximum atomic E-state index is 13.4. The Hall–Kier alpha value is -2.10. The van der Waals surface area contributed by atoms with Crippen LogP contribution < -0.4 is 9.47 Å². The van der Waals surface area contributed by atoms with E-state index in [1.807, 2.05) is 0 Å². The van der Waals surface area contributed by atoms with E-state index in [-0.39, 0.29) is 11.5 Å². The minimum Gasteiger partial charge on any atom is -0.449 e. The van der Waals surface area contributed by atoms with Gasteiger partial charge < -0.3 is 9.47 Å². The first kappa shape index (κ1) is 9.15. The van der Waals surface area contributed by atoms with Gasteiger partial charge in [-0.25, -0.2) is 4.39 Å². The van der Waals surface area contributed by atoms with Crippen molar-refractivity contribution in [3.8, 4) is 23.0 Å². The van der Waals surface area contributed by atoms with Gasteiger partial charge >= 0.3 is 0 Å². The molecule has 1 aliphatic rings. The molecule has 0 amide bonds. The highest BCUT2D eigenvalue weighted by atomic mass is 19.2. The van der Waals surface area contributed by atoms with E-state index in [1.54, 1.807) is 24.3 Å². The second-order valence-corrected chi connectivity index (χ2v) is 3.34. The third kappa shape index (κ3) is 1.23. The van der Waals surface area contributed by atoms with E-state index in [1.165, 1.54) is 6.07 Å². The van der Waals surface area contributed by atoms with Crippen LogP contribution in [0.25, 0.3) is 0 Å². The van der Waals surface area contributed by atoms with E-state index >= 15 is 0 Å². The Morgan fingerprint density at radius 1 is 0.750 bits per heavy atom. The van der Waals surface area contributed by atoms with E-state index in [9.17, 15) is 8.78 Å². The van der Waals surface area contributed by atoms with Crippen LogP contribution in [0.3, 0.4) is 0 Å². The minimum atomic E-state index is -1.04. The zero-order valence-electron chi connectivity index (χ0n) is 8.04. The summed E-state index contributed by atoms with van der Waals surface area (Å²) in [7, 11) is 0. The zero-order valence-corrected chi connectivity index (χ0v) is 8.04. The number of fused-ring (bicyclic) bond motifs is 2. The third-order valence-electron chi connectivity index (χ3n) is 2.29. The van der Waals surface area contributed by atoms with Crippen molar-refractivity contribution in [3.05, 3.63) is 48.0 Å². The summed E-state index contributed by atoms with van der Waals surface area (Å²) in [5.41, 5.74) is 0. The first-order valence-corrected chi connectivity index (χ1v) is 4.68. The fourth-order valence-corrected chi connectivity index (χ4v) is 1.54. The quantitative estimate of drug-likeness (QED) is 0.572. The molecule has 0 atom stereocenters. The molecular formula is C12H6F2O2. The van der Waals surface area contributed by atoms with Gasteiger partial charge in [0.05, 0.1) is 0 Å². The van der Waals surface area contributed by atoms with Crippen LogP contribution in [0.1, 0.15) is 0 Å². The molecule has 0 unspecified atom stereocenters. The fourth-order valence-electron chi connectivity index (χ4n) is 1.54. The van der Waals surface area contributed by atoms with Crippen molar-refractivity contribution >= 4 is 0 Å². The molecule has 2 nitrogen and oxygen atoms in total. The van der Waals surface area contributed by atoms with Gasteiger partial charge in [-0.2, -0.15) is 4.39 Å². The maximum Gasteiger partial charge on any atom is 0.208 e. The van der Waals surface area contributed by atoms with Gasteiger partial charge in [-0.05, 0) is 24.3 Å². The number of hydrogen-bond acceptors (Lipinski definition) is 2. The summed E-state index contributed by atoms with van der Waals surface area (Å²) in [6.07, 6.45) is 0. The number of benzene rings is 2. The van der Waals surface area contributed by atoms with Crippen molar-refractivity contribution in [2.45, 2.75) is 0 Å². The lowest BCUT2D eigenvalue weighted by Gasteiger charge is -2.20. The number of ether oxygens (including phenoxy) is 2. The predicted molar refractivity (Wildman–Crippen MR) is 52.9 cm³/mol. The first-order valence-electron chi connectivity index (χ1n) is 4.68. The molecule has 1 aliphatic heterocycles. The molecule has 0 bridgehead atoms. The first-order chi connectivity index (χ1) is 7.75. The number of hydrogen-bond donors (Lipinski definition) is 0. The van der Waals surface area contributed by atoms with Gasteiger partial charge in [-0.1, -0.05) is 12.1 Å². The van der Waals surface area contributed by atoms with E-state index in [0.717, 1.165) is 6.07 Å². The molecule has 0 fully saturated rings. The van der Waals surface area contributed by atoms with Crippen LogP contribution in [-0.4, -0.2) is 0 Å². The Balaban J connectivity index is 2.16. The lowest BCUT2D eigenvalue weighted by molar-refractivity contribution is 0.333. The lowest BCUT2D eigenvalue weighted by atomic mass is 10.2. The molecule has 2 aromatic carbocycles. The van der Waals surface area contributed by atoms with Crippen LogP contribution in [-0.2, 0) is 0 Å². The largest absolute Gasteiger partial charge is 0.449 e. The maximum absolute atomic E-state index is 13.4. The van der Waals surface area contributed by atoms with Crippen molar-refractivity contribution in [1.29, 1.82) is 0 Å². The topological polar surface area (TPSA) is 18.5 Å². The van der Waals surface area contributed by atoms with E-state index < -0.39 is 11.6 Å². The normalized spacial score (nSPS) is 12.1. The average molecular weight is 220 g/mol. The summed E-state index contributed by atoms with van der Waals surface area (Å²) in [4.78, 5) is 0. The van der Waals surface area contributed by atoms with Crippen LogP contribution in [0.4, 0.5) is 8.78 Å². The van der Waals surface area contributed by atoms with Crippen LogP contribution in [0.5, 0.6) is 23.0 Å². The molecule has 0 N–H and O–H groups in total. The summed E-state index contributed by atoms with van der Waals surface area (Å²) in [6.45, 7) is 0. The highest BCUT2D eigenvalue weighted by molar-refractivity contribution is 5.54. The summed E-state index contributed by atoms with van der Waals surface area (Å²) < 4.78 is 37.0. The fraction of sp³-hybridized carbons (Fsp3) is 0. The minimum absolute atomic E-state index is 0.178. The van der Waals surface area contributed by atoms with Gasteiger partial charge in [0.2, 0.25) is 11.6 Å². The van der Waals surface area contributed by atoms with Crippen LogP contribution >= 0.6 is 0 Å². The van der Waals surface area contributed by atoms with Crippen LogP contribution in [0, 0.1) is 11.6 Å².